The normalized spacial score (nSPS) is 11.1. The quantitative estimate of drug-likeness (QED) is 0.795. The van der Waals surface area contributed by atoms with E-state index < -0.39 is 30.7 Å². The maximum absolute atomic E-state index is 11.6. The summed E-state index contributed by atoms with van der Waals surface area (Å²) in [5, 5.41) is 1.91. The average molecular weight is 295 g/mol. The summed E-state index contributed by atoms with van der Waals surface area (Å²) < 4.78 is 14.6. The van der Waals surface area contributed by atoms with Crippen molar-refractivity contribution in [2.45, 2.75) is 20.0 Å². The highest BCUT2D eigenvalue weighted by Crippen LogP contribution is 2.11. The van der Waals surface area contributed by atoms with E-state index in [9.17, 15) is 14.4 Å². The lowest BCUT2D eigenvalue weighted by molar-refractivity contribution is -0.154. The monoisotopic (exact) mass is 295 g/mol. The van der Waals surface area contributed by atoms with E-state index in [2.05, 4.69) is 4.74 Å². The molecule has 1 aromatic rings. The largest absolute Gasteiger partial charge is 0.479 e. The molecule has 1 aromatic carbocycles. The fourth-order valence-electron chi connectivity index (χ4n) is 1.32. The van der Waals surface area contributed by atoms with Gasteiger partial charge in [-0.05, 0) is 26.0 Å². The van der Waals surface area contributed by atoms with E-state index in [1.54, 1.807) is 31.2 Å². The Bertz CT molecular complexity index is 487. The van der Waals surface area contributed by atoms with Gasteiger partial charge in [0.05, 0.1) is 6.61 Å². The third kappa shape index (κ3) is 6.42. The molecule has 0 spiro atoms. The van der Waals surface area contributed by atoms with Crippen LogP contribution in [0.5, 0.6) is 5.75 Å². The maximum atomic E-state index is 11.6. The number of para-hydroxylation sites is 1. The Morgan fingerprint density at radius 3 is 2.43 bits per heavy atom. The number of amides is 2. The topological polar surface area (TPSA) is 90.9 Å². The van der Waals surface area contributed by atoms with Gasteiger partial charge >= 0.3 is 12.1 Å². The molecule has 114 valence electrons. The minimum absolute atomic E-state index is 0.140. The summed E-state index contributed by atoms with van der Waals surface area (Å²) in [6, 6.07) is 8.73. The second-order valence-electron chi connectivity index (χ2n) is 3.95. The summed E-state index contributed by atoms with van der Waals surface area (Å²) in [5.41, 5.74) is 0. The summed E-state index contributed by atoms with van der Waals surface area (Å²) in [6.45, 7) is 2.66. The molecule has 1 atom stereocenters. The van der Waals surface area contributed by atoms with Crippen LogP contribution in [-0.4, -0.2) is 37.3 Å². The molecule has 0 aliphatic carbocycles. The maximum Gasteiger partial charge on any atom is 0.413 e. The Morgan fingerprint density at radius 1 is 1.14 bits per heavy atom. The zero-order chi connectivity index (χ0) is 15.7. The molecule has 0 heterocycles. The molecule has 0 saturated carbocycles. The molecular weight excluding hydrogens is 278 g/mol. The molecule has 0 radical (unpaired) electrons. The van der Waals surface area contributed by atoms with Gasteiger partial charge in [-0.15, -0.1) is 0 Å². The van der Waals surface area contributed by atoms with Crippen LogP contribution in [0.2, 0.25) is 0 Å². The molecule has 2 amide bonds. The summed E-state index contributed by atoms with van der Waals surface area (Å²) in [5.74, 6) is -0.968. The van der Waals surface area contributed by atoms with Crippen LogP contribution >= 0.6 is 0 Å². The molecule has 7 nitrogen and oxygen atoms in total. The van der Waals surface area contributed by atoms with Crippen LogP contribution in [0, 0.1) is 0 Å². The van der Waals surface area contributed by atoms with Gasteiger partial charge in [0.25, 0.3) is 5.91 Å². The summed E-state index contributed by atoms with van der Waals surface area (Å²) in [4.78, 5) is 33.9. The Labute approximate surface area is 122 Å². The molecule has 1 N–H and O–H groups in total. The smallest absolute Gasteiger partial charge is 0.413 e. The van der Waals surface area contributed by atoms with E-state index in [-0.39, 0.29) is 6.61 Å². The van der Waals surface area contributed by atoms with Gasteiger partial charge in [-0.2, -0.15) is 0 Å². The van der Waals surface area contributed by atoms with E-state index in [1.807, 2.05) is 11.4 Å². The van der Waals surface area contributed by atoms with Gasteiger partial charge in [0, 0.05) is 0 Å². The van der Waals surface area contributed by atoms with E-state index in [0.717, 1.165) is 0 Å². The summed E-state index contributed by atoms with van der Waals surface area (Å²) in [7, 11) is 0. The number of rotatable bonds is 6. The Balaban J connectivity index is 2.32. The molecule has 21 heavy (non-hydrogen) atoms. The molecule has 0 fully saturated rings. The van der Waals surface area contributed by atoms with Crippen molar-refractivity contribution in [2.24, 2.45) is 0 Å². The highest BCUT2D eigenvalue weighted by Gasteiger charge is 2.18. The number of nitrogens with one attached hydrogen (secondary N) is 1. The van der Waals surface area contributed by atoms with E-state index in [1.165, 1.54) is 6.92 Å². The van der Waals surface area contributed by atoms with Crippen LogP contribution in [-0.2, 0) is 19.1 Å². The van der Waals surface area contributed by atoms with Gasteiger partial charge in [0.15, 0.2) is 12.7 Å². The SMILES string of the molecule is CCOC(=O)NC(=O)COC(=O)[C@H](C)Oc1ccccc1. The van der Waals surface area contributed by atoms with Crippen molar-refractivity contribution >= 4 is 18.0 Å². The van der Waals surface area contributed by atoms with Crippen LogP contribution in [0.1, 0.15) is 13.8 Å². The standard InChI is InChI=1S/C14H17NO6/c1-3-19-14(18)15-12(16)9-20-13(17)10(2)21-11-7-5-4-6-8-11/h4-8,10H,3,9H2,1-2H3,(H,15,16,18)/t10-/m0/s1. The Hall–Kier alpha value is -2.57. The number of hydrogen-bond donors (Lipinski definition) is 1. The van der Waals surface area contributed by atoms with Crippen LogP contribution in [0.4, 0.5) is 4.79 Å². The highest BCUT2D eigenvalue weighted by atomic mass is 16.6. The second-order valence-corrected chi connectivity index (χ2v) is 3.95. The van der Waals surface area contributed by atoms with Crippen LogP contribution in [0.15, 0.2) is 30.3 Å². The van der Waals surface area contributed by atoms with Crippen molar-refractivity contribution in [1.82, 2.24) is 5.32 Å². The number of carbonyl (C=O) groups is 3. The van der Waals surface area contributed by atoms with Crippen molar-refractivity contribution in [2.75, 3.05) is 13.2 Å². The number of ether oxygens (including phenoxy) is 3. The minimum atomic E-state index is -0.882. The van der Waals surface area contributed by atoms with E-state index in [4.69, 9.17) is 9.47 Å². The van der Waals surface area contributed by atoms with Crippen molar-refractivity contribution in [3.05, 3.63) is 30.3 Å². The fourth-order valence-corrected chi connectivity index (χ4v) is 1.32. The second kappa shape index (κ2) is 8.57. The first-order chi connectivity index (χ1) is 10.0. The van der Waals surface area contributed by atoms with Crippen molar-refractivity contribution in [3.8, 4) is 5.75 Å². The Kier molecular flexibility index (Phi) is 6.73. The van der Waals surface area contributed by atoms with Crippen molar-refractivity contribution in [1.29, 1.82) is 0 Å². The van der Waals surface area contributed by atoms with Gasteiger partial charge < -0.3 is 14.2 Å². The average Bonchev–Trinajstić information content (AvgIpc) is 2.46. The Morgan fingerprint density at radius 2 is 1.81 bits per heavy atom. The summed E-state index contributed by atoms with van der Waals surface area (Å²) >= 11 is 0. The van der Waals surface area contributed by atoms with Gasteiger partial charge in [0.1, 0.15) is 5.75 Å². The van der Waals surface area contributed by atoms with Crippen LogP contribution in [0.3, 0.4) is 0 Å². The van der Waals surface area contributed by atoms with Crippen LogP contribution in [0.25, 0.3) is 0 Å². The first-order valence-corrected chi connectivity index (χ1v) is 6.38. The molecule has 7 heteroatoms. The number of benzene rings is 1. The van der Waals surface area contributed by atoms with Crippen molar-refractivity contribution < 1.29 is 28.6 Å². The predicted molar refractivity (Wildman–Crippen MR) is 72.7 cm³/mol. The molecule has 0 unspecified atom stereocenters. The minimum Gasteiger partial charge on any atom is -0.479 e. The van der Waals surface area contributed by atoms with Gasteiger partial charge in [-0.1, -0.05) is 18.2 Å². The van der Waals surface area contributed by atoms with Gasteiger partial charge in [0.2, 0.25) is 0 Å². The van der Waals surface area contributed by atoms with E-state index in [0.29, 0.717) is 5.75 Å². The van der Waals surface area contributed by atoms with Gasteiger partial charge in [-0.3, -0.25) is 10.1 Å². The molecular formula is C14H17NO6. The predicted octanol–water partition coefficient (Wildman–Crippen LogP) is 1.27. The number of hydrogen-bond acceptors (Lipinski definition) is 6. The van der Waals surface area contributed by atoms with Gasteiger partial charge in [-0.25, -0.2) is 9.59 Å². The lowest BCUT2D eigenvalue weighted by Crippen LogP contribution is -2.36. The number of carbonyl (C=O) groups excluding carboxylic acids is 3. The molecule has 0 aromatic heterocycles. The zero-order valence-electron chi connectivity index (χ0n) is 11.8. The van der Waals surface area contributed by atoms with Crippen LogP contribution < -0.4 is 10.1 Å². The number of esters is 1. The fraction of sp³-hybridized carbons (Fsp3) is 0.357. The molecule has 0 aliphatic rings. The molecule has 0 bridgehead atoms. The lowest BCUT2D eigenvalue weighted by atomic mass is 10.3. The first-order valence-electron chi connectivity index (χ1n) is 6.38. The number of alkyl carbamates (subject to hydrolysis) is 1. The molecule has 1 rings (SSSR count). The highest BCUT2D eigenvalue weighted by molar-refractivity contribution is 5.93. The third-order valence-electron chi connectivity index (χ3n) is 2.25. The lowest BCUT2D eigenvalue weighted by Gasteiger charge is -2.13. The first kappa shape index (κ1) is 16.5. The van der Waals surface area contributed by atoms with Crippen molar-refractivity contribution in [3.63, 3.8) is 0 Å². The zero-order valence-corrected chi connectivity index (χ0v) is 11.8. The molecule has 0 saturated heterocycles. The summed E-state index contributed by atoms with van der Waals surface area (Å²) in [6.07, 6.45) is -1.75. The van der Waals surface area contributed by atoms with E-state index >= 15 is 0 Å². The molecule has 0 aliphatic heterocycles. The third-order valence-corrected chi connectivity index (χ3v) is 2.25. The number of imide groups is 1.